The Labute approximate surface area is 220 Å². The van der Waals surface area contributed by atoms with Crippen LogP contribution in [0.4, 0.5) is 0 Å². The number of benzene rings is 6. The molecule has 0 aliphatic carbocycles. The fraction of sp³-hybridized carbons (Fsp3) is 0.0286. The average Bonchev–Trinajstić information content (AvgIpc) is 2.97. The molecule has 0 saturated carbocycles. The van der Waals surface area contributed by atoms with Gasteiger partial charge in [0.15, 0.2) is 0 Å². The molecule has 0 aliphatic rings. The summed E-state index contributed by atoms with van der Waals surface area (Å²) < 4.78 is 8.83. The van der Waals surface area contributed by atoms with Crippen LogP contribution in [-0.2, 0) is 6.54 Å². The summed E-state index contributed by atoms with van der Waals surface area (Å²) in [4.78, 5) is 13.4. The zero-order chi connectivity index (χ0) is 25.5. The van der Waals surface area contributed by atoms with E-state index in [1.807, 2.05) is 71.3 Å². The fourth-order valence-corrected chi connectivity index (χ4v) is 5.29. The first-order chi connectivity index (χ1) is 18.7. The first-order valence-corrected chi connectivity index (χ1v) is 12.8. The van der Waals surface area contributed by atoms with E-state index in [9.17, 15) is 4.79 Å². The number of hydrogen-bond acceptors (Lipinski definition) is 2. The van der Waals surface area contributed by atoms with Gasteiger partial charge in [0, 0.05) is 27.8 Å². The minimum Gasteiger partial charge on any atom is -0.404 e. The van der Waals surface area contributed by atoms with Crippen molar-refractivity contribution in [2.24, 2.45) is 0 Å². The molecule has 0 amide bonds. The lowest BCUT2D eigenvalue weighted by Gasteiger charge is -2.14. The molecule has 180 valence electrons. The molecule has 0 unspecified atom stereocenters. The van der Waals surface area contributed by atoms with Crippen LogP contribution in [0.15, 0.2) is 133 Å². The standard InChI is InChI=1S/C35H24NO2/c37-33(25-11-2-1-3-12-25)23-36-32-17-9-7-10-24(32)18-19-34(36)38-35-30-16-8-6-15-28(30)21-29-20-26-13-4-5-14-27(26)22-31(29)35/h1-22H,23H2/q+1. The number of nitrogens with zero attached hydrogens (tertiary/aromatic N) is 1. The molecule has 0 bridgehead atoms. The summed E-state index contributed by atoms with van der Waals surface area (Å²) >= 11 is 0. The summed E-state index contributed by atoms with van der Waals surface area (Å²) in [6.45, 7) is 0.173. The van der Waals surface area contributed by atoms with Gasteiger partial charge >= 0.3 is 5.88 Å². The Morgan fingerprint density at radius 3 is 2.00 bits per heavy atom. The molecule has 0 atom stereocenters. The second-order valence-corrected chi connectivity index (χ2v) is 9.56. The van der Waals surface area contributed by atoms with Crippen LogP contribution in [0.1, 0.15) is 10.4 Å². The molecule has 1 aromatic heterocycles. The lowest BCUT2D eigenvalue weighted by molar-refractivity contribution is -0.661. The number of Topliss-reactive ketones (excluding diaryl/α,β-unsaturated/α-hetero) is 1. The topological polar surface area (TPSA) is 30.2 Å². The van der Waals surface area contributed by atoms with Crippen molar-refractivity contribution in [3.63, 3.8) is 0 Å². The molecule has 3 heteroatoms. The van der Waals surface area contributed by atoms with Crippen LogP contribution in [0.2, 0.25) is 0 Å². The third-order valence-corrected chi connectivity index (χ3v) is 7.18. The molecule has 38 heavy (non-hydrogen) atoms. The first-order valence-electron chi connectivity index (χ1n) is 12.8. The maximum Gasteiger partial charge on any atom is 0.374 e. The Hall–Kier alpha value is -5.02. The van der Waals surface area contributed by atoms with Crippen LogP contribution in [0, 0.1) is 0 Å². The third-order valence-electron chi connectivity index (χ3n) is 7.18. The van der Waals surface area contributed by atoms with Crippen molar-refractivity contribution in [3.8, 4) is 11.6 Å². The lowest BCUT2D eigenvalue weighted by Crippen LogP contribution is -2.40. The number of rotatable bonds is 5. The van der Waals surface area contributed by atoms with Crippen molar-refractivity contribution >= 4 is 49.0 Å². The number of ketones is 1. The quantitative estimate of drug-likeness (QED) is 0.138. The van der Waals surface area contributed by atoms with E-state index < -0.39 is 0 Å². The average molecular weight is 491 g/mol. The van der Waals surface area contributed by atoms with E-state index in [2.05, 4.69) is 66.7 Å². The van der Waals surface area contributed by atoms with E-state index in [-0.39, 0.29) is 12.3 Å². The molecular weight excluding hydrogens is 466 g/mol. The highest BCUT2D eigenvalue weighted by Gasteiger charge is 2.23. The highest BCUT2D eigenvalue weighted by molar-refractivity contribution is 6.10. The van der Waals surface area contributed by atoms with Gasteiger partial charge in [-0.2, -0.15) is 4.57 Å². The van der Waals surface area contributed by atoms with Crippen molar-refractivity contribution in [2.75, 3.05) is 0 Å². The molecule has 0 aliphatic heterocycles. The van der Waals surface area contributed by atoms with Crippen molar-refractivity contribution in [3.05, 3.63) is 139 Å². The number of aromatic nitrogens is 1. The number of ether oxygens (including phenoxy) is 1. The van der Waals surface area contributed by atoms with Gasteiger partial charge in [0.2, 0.25) is 17.8 Å². The van der Waals surface area contributed by atoms with E-state index >= 15 is 0 Å². The molecular formula is C35H24NO2+. The summed E-state index contributed by atoms with van der Waals surface area (Å²) in [6.07, 6.45) is 0. The van der Waals surface area contributed by atoms with E-state index in [1.165, 1.54) is 5.39 Å². The monoisotopic (exact) mass is 490 g/mol. The Morgan fingerprint density at radius 1 is 0.553 bits per heavy atom. The summed E-state index contributed by atoms with van der Waals surface area (Å²) in [5.74, 6) is 1.45. The lowest BCUT2D eigenvalue weighted by atomic mass is 9.98. The van der Waals surface area contributed by atoms with E-state index in [0.29, 0.717) is 11.4 Å². The minimum absolute atomic E-state index is 0.0329. The molecule has 0 radical (unpaired) electrons. The van der Waals surface area contributed by atoms with Gasteiger partial charge in [0.05, 0.1) is 6.07 Å². The zero-order valence-electron chi connectivity index (χ0n) is 20.7. The van der Waals surface area contributed by atoms with Gasteiger partial charge in [0.25, 0.3) is 0 Å². The number of carbonyl (C=O) groups is 1. The number of fused-ring (bicyclic) bond motifs is 4. The predicted octanol–water partition coefficient (Wildman–Crippen LogP) is 8.26. The molecule has 1 heterocycles. The smallest absolute Gasteiger partial charge is 0.374 e. The molecule has 0 saturated heterocycles. The Kier molecular flexibility index (Phi) is 5.33. The van der Waals surface area contributed by atoms with E-state index in [0.717, 1.165) is 43.6 Å². The normalized spacial score (nSPS) is 11.4. The second-order valence-electron chi connectivity index (χ2n) is 9.56. The Balaban J connectivity index is 1.45. The van der Waals surface area contributed by atoms with Crippen LogP contribution in [-0.4, -0.2) is 5.78 Å². The molecule has 0 N–H and O–H groups in total. The summed E-state index contributed by atoms with van der Waals surface area (Å²) in [5, 5.41) is 7.69. The van der Waals surface area contributed by atoms with Crippen LogP contribution < -0.4 is 9.30 Å². The van der Waals surface area contributed by atoms with Gasteiger partial charge in [-0.3, -0.25) is 4.79 Å². The molecule has 6 aromatic carbocycles. The largest absolute Gasteiger partial charge is 0.404 e. The molecule has 0 spiro atoms. The van der Waals surface area contributed by atoms with Crippen molar-refractivity contribution in [1.29, 1.82) is 0 Å². The highest BCUT2D eigenvalue weighted by Crippen LogP contribution is 2.39. The van der Waals surface area contributed by atoms with Crippen molar-refractivity contribution in [2.45, 2.75) is 6.54 Å². The van der Waals surface area contributed by atoms with Crippen LogP contribution in [0.3, 0.4) is 0 Å². The molecule has 7 rings (SSSR count). The van der Waals surface area contributed by atoms with Gasteiger partial charge in [0.1, 0.15) is 5.75 Å². The van der Waals surface area contributed by atoms with Gasteiger partial charge in [-0.05, 0) is 51.9 Å². The summed E-state index contributed by atoms with van der Waals surface area (Å²) in [5.41, 5.74) is 1.63. The summed E-state index contributed by atoms with van der Waals surface area (Å²) in [7, 11) is 0. The summed E-state index contributed by atoms with van der Waals surface area (Å²) in [6, 6.07) is 44.9. The number of hydrogen-bond donors (Lipinski definition) is 0. The first kappa shape index (κ1) is 22.2. The van der Waals surface area contributed by atoms with Crippen molar-refractivity contribution < 1.29 is 14.1 Å². The zero-order valence-corrected chi connectivity index (χ0v) is 20.7. The van der Waals surface area contributed by atoms with Gasteiger partial charge < -0.3 is 4.74 Å². The second kappa shape index (κ2) is 9.13. The number of carbonyl (C=O) groups excluding carboxylic acids is 1. The van der Waals surface area contributed by atoms with Crippen LogP contribution >= 0.6 is 0 Å². The highest BCUT2D eigenvalue weighted by atomic mass is 16.5. The third kappa shape index (κ3) is 3.86. The SMILES string of the molecule is O=C(C[n+]1c(Oc2c3ccccc3cc3cc4ccccc4cc23)ccc2ccccc21)c1ccccc1. The van der Waals surface area contributed by atoms with Gasteiger partial charge in [-0.1, -0.05) is 91.0 Å². The maximum atomic E-state index is 13.4. The Morgan fingerprint density at radius 2 is 1.18 bits per heavy atom. The van der Waals surface area contributed by atoms with Crippen LogP contribution in [0.5, 0.6) is 11.6 Å². The maximum absolute atomic E-state index is 13.4. The number of para-hydroxylation sites is 1. The molecule has 0 fully saturated rings. The fourth-order valence-electron chi connectivity index (χ4n) is 5.29. The van der Waals surface area contributed by atoms with Gasteiger partial charge in [-0.25, -0.2) is 0 Å². The van der Waals surface area contributed by atoms with E-state index in [1.54, 1.807) is 0 Å². The van der Waals surface area contributed by atoms with Gasteiger partial charge in [-0.15, -0.1) is 0 Å². The Bertz CT molecular complexity index is 1990. The minimum atomic E-state index is 0.0329. The predicted molar refractivity (Wildman–Crippen MR) is 154 cm³/mol. The van der Waals surface area contributed by atoms with Crippen molar-refractivity contribution in [1.82, 2.24) is 0 Å². The van der Waals surface area contributed by atoms with E-state index in [4.69, 9.17) is 4.74 Å². The number of pyridine rings is 1. The molecule has 7 aromatic rings. The molecule has 3 nitrogen and oxygen atoms in total. The van der Waals surface area contributed by atoms with Crippen LogP contribution in [0.25, 0.3) is 43.2 Å².